The highest BCUT2D eigenvalue weighted by Gasteiger charge is 2.20. The number of halogens is 1. The van der Waals surface area contributed by atoms with Crippen molar-refractivity contribution in [2.45, 2.75) is 19.3 Å². The number of aliphatic hydroxyl groups is 1. The SMILES string of the molecule is OCC(Cc1ccccc1)Cc1cc(Br)cc2c1OCC2. The number of aliphatic hydroxyl groups excluding tert-OH is 1. The smallest absolute Gasteiger partial charge is 0.125 e. The predicted molar refractivity (Wildman–Crippen MR) is 87.8 cm³/mol. The molecule has 1 unspecified atom stereocenters. The van der Waals surface area contributed by atoms with Crippen molar-refractivity contribution in [3.05, 3.63) is 63.6 Å². The molecule has 1 N–H and O–H groups in total. The van der Waals surface area contributed by atoms with Gasteiger partial charge in [0.15, 0.2) is 0 Å². The summed E-state index contributed by atoms with van der Waals surface area (Å²) >= 11 is 3.58. The maximum absolute atomic E-state index is 9.71. The summed E-state index contributed by atoms with van der Waals surface area (Å²) in [5.74, 6) is 1.25. The van der Waals surface area contributed by atoms with Crippen molar-refractivity contribution in [2.75, 3.05) is 13.2 Å². The molecule has 21 heavy (non-hydrogen) atoms. The predicted octanol–water partition coefficient (Wildman–Crippen LogP) is 3.78. The molecule has 0 bridgehead atoms. The summed E-state index contributed by atoms with van der Waals surface area (Å²) < 4.78 is 6.87. The van der Waals surface area contributed by atoms with Crippen LogP contribution in [0, 0.1) is 5.92 Å². The molecule has 110 valence electrons. The van der Waals surface area contributed by atoms with Crippen LogP contribution in [0.5, 0.6) is 5.75 Å². The van der Waals surface area contributed by atoms with E-state index >= 15 is 0 Å². The maximum atomic E-state index is 9.71. The summed E-state index contributed by atoms with van der Waals surface area (Å²) in [4.78, 5) is 0. The van der Waals surface area contributed by atoms with Gasteiger partial charge in [-0.1, -0.05) is 46.3 Å². The van der Waals surface area contributed by atoms with E-state index in [1.54, 1.807) is 0 Å². The Hall–Kier alpha value is -1.32. The van der Waals surface area contributed by atoms with Crippen LogP contribution in [0.15, 0.2) is 46.9 Å². The Morgan fingerprint density at radius 3 is 2.71 bits per heavy atom. The second kappa shape index (κ2) is 6.63. The monoisotopic (exact) mass is 346 g/mol. The zero-order valence-electron chi connectivity index (χ0n) is 11.9. The summed E-state index contributed by atoms with van der Waals surface area (Å²) in [7, 11) is 0. The average Bonchev–Trinajstić information content (AvgIpc) is 2.96. The van der Waals surface area contributed by atoms with E-state index in [0.717, 1.165) is 36.1 Å². The molecule has 2 aromatic carbocycles. The minimum absolute atomic E-state index is 0.191. The molecule has 0 fully saturated rings. The molecule has 1 aliphatic heterocycles. The Kier molecular flexibility index (Phi) is 4.61. The van der Waals surface area contributed by atoms with Crippen molar-refractivity contribution in [1.82, 2.24) is 0 Å². The third-order valence-electron chi connectivity index (χ3n) is 3.96. The minimum atomic E-state index is 0.191. The lowest BCUT2D eigenvalue weighted by molar-refractivity contribution is 0.224. The molecule has 0 saturated heterocycles. The Bertz CT molecular complexity index is 610. The van der Waals surface area contributed by atoms with Gasteiger partial charge in [0, 0.05) is 17.5 Å². The van der Waals surface area contributed by atoms with Crippen molar-refractivity contribution in [1.29, 1.82) is 0 Å². The third-order valence-corrected chi connectivity index (χ3v) is 4.42. The van der Waals surface area contributed by atoms with Crippen LogP contribution in [0.25, 0.3) is 0 Å². The van der Waals surface area contributed by atoms with Crippen molar-refractivity contribution in [3.8, 4) is 5.75 Å². The first kappa shape index (κ1) is 14.6. The van der Waals surface area contributed by atoms with Crippen LogP contribution >= 0.6 is 15.9 Å². The van der Waals surface area contributed by atoms with E-state index in [-0.39, 0.29) is 12.5 Å². The molecule has 1 heterocycles. The molecule has 3 heteroatoms. The van der Waals surface area contributed by atoms with Gasteiger partial charge < -0.3 is 9.84 Å². The summed E-state index contributed by atoms with van der Waals surface area (Å²) in [6.07, 6.45) is 2.70. The van der Waals surface area contributed by atoms with Gasteiger partial charge in [-0.2, -0.15) is 0 Å². The van der Waals surface area contributed by atoms with E-state index in [2.05, 4.69) is 40.2 Å². The van der Waals surface area contributed by atoms with E-state index in [1.165, 1.54) is 16.7 Å². The molecule has 0 saturated carbocycles. The van der Waals surface area contributed by atoms with Gasteiger partial charge in [0.1, 0.15) is 5.75 Å². The first-order valence-corrected chi connectivity index (χ1v) is 8.14. The molecule has 1 aliphatic rings. The van der Waals surface area contributed by atoms with Gasteiger partial charge in [-0.15, -0.1) is 0 Å². The molecule has 3 rings (SSSR count). The van der Waals surface area contributed by atoms with E-state index in [1.807, 2.05) is 18.2 Å². The number of hydrogen-bond acceptors (Lipinski definition) is 2. The van der Waals surface area contributed by atoms with Gasteiger partial charge in [0.05, 0.1) is 6.61 Å². The molecule has 2 aromatic rings. The van der Waals surface area contributed by atoms with Crippen LogP contribution in [0.4, 0.5) is 0 Å². The van der Waals surface area contributed by atoms with Crippen LogP contribution in [0.3, 0.4) is 0 Å². The van der Waals surface area contributed by atoms with Gasteiger partial charge in [-0.3, -0.25) is 0 Å². The van der Waals surface area contributed by atoms with Crippen molar-refractivity contribution in [3.63, 3.8) is 0 Å². The molecule has 0 radical (unpaired) electrons. The molecule has 0 aromatic heterocycles. The topological polar surface area (TPSA) is 29.5 Å². The fourth-order valence-electron chi connectivity index (χ4n) is 2.96. The van der Waals surface area contributed by atoms with Gasteiger partial charge in [0.2, 0.25) is 0 Å². The Morgan fingerprint density at radius 2 is 1.95 bits per heavy atom. The molecular formula is C18H19BrO2. The average molecular weight is 347 g/mol. The molecule has 0 spiro atoms. The number of rotatable bonds is 5. The standard InChI is InChI=1S/C18H19BrO2/c19-17-10-15-6-7-21-18(15)16(11-17)9-14(12-20)8-13-4-2-1-3-5-13/h1-5,10-11,14,20H,6-9,12H2. The summed E-state index contributed by atoms with van der Waals surface area (Å²) in [6.45, 7) is 0.956. The van der Waals surface area contributed by atoms with Crippen LogP contribution < -0.4 is 4.74 Å². The first-order chi connectivity index (χ1) is 10.3. The number of ether oxygens (including phenoxy) is 1. The fraction of sp³-hybridized carbons (Fsp3) is 0.333. The fourth-order valence-corrected chi connectivity index (χ4v) is 3.51. The third kappa shape index (κ3) is 3.47. The molecule has 1 atom stereocenters. The van der Waals surface area contributed by atoms with Crippen LogP contribution in [-0.2, 0) is 19.3 Å². The highest BCUT2D eigenvalue weighted by atomic mass is 79.9. The van der Waals surface area contributed by atoms with Gasteiger partial charge in [0.25, 0.3) is 0 Å². The zero-order valence-corrected chi connectivity index (χ0v) is 13.5. The van der Waals surface area contributed by atoms with Crippen LogP contribution in [0.1, 0.15) is 16.7 Å². The normalized spacial score (nSPS) is 14.6. The van der Waals surface area contributed by atoms with Crippen LogP contribution in [-0.4, -0.2) is 18.3 Å². The summed E-state index contributed by atoms with van der Waals surface area (Å²) in [6, 6.07) is 14.6. The quantitative estimate of drug-likeness (QED) is 0.892. The zero-order chi connectivity index (χ0) is 14.7. The Balaban J connectivity index is 1.78. The van der Waals surface area contributed by atoms with Crippen molar-refractivity contribution < 1.29 is 9.84 Å². The maximum Gasteiger partial charge on any atom is 0.125 e. The highest BCUT2D eigenvalue weighted by Crippen LogP contribution is 2.34. The van der Waals surface area contributed by atoms with E-state index < -0.39 is 0 Å². The lowest BCUT2D eigenvalue weighted by Crippen LogP contribution is -2.13. The van der Waals surface area contributed by atoms with Gasteiger partial charge >= 0.3 is 0 Å². The summed E-state index contributed by atoms with van der Waals surface area (Å²) in [5, 5.41) is 9.71. The number of benzene rings is 2. The number of hydrogen-bond donors (Lipinski definition) is 1. The first-order valence-electron chi connectivity index (χ1n) is 7.35. The Labute approximate surface area is 133 Å². The van der Waals surface area contributed by atoms with E-state index in [9.17, 15) is 5.11 Å². The molecule has 2 nitrogen and oxygen atoms in total. The van der Waals surface area contributed by atoms with Crippen LogP contribution in [0.2, 0.25) is 0 Å². The number of fused-ring (bicyclic) bond motifs is 1. The van der Waals surface area contributed by atoms with Crippen molar-refractivity contribution in [2.24, 2.45) is 5.92 Å². The van der Waals surface area contributed by atoms with Crippen molar-refractivity contribution >= 4 is 15.9 Å². The summed E-state index contributed by atoms with van der Waals surface area (Å²) in [5.41, 5.74) is 3.74. The molecular weight excluding hydrogens is 328 g/mol. The van der Waals surface area contributed by atoms with Gasteiger partial charge in [-0.25, -0.2) is 0 Å². The van der Waals surface area contributed by atoms with Gasteiger partial charge in [-0.05, 0) is 47.6 Å². The van der Waals surface area contributed by atoms with E-state index in [4.69, 9.17) is 4.74 Å². The lowest BCUT2D eigenvalue weighted by Gasteiger charge is -2.17. The molecule has 0 amide bonds. The largest absolute Gasteiger partial charge is 0.493 e. The second-order valence-electron chi connectivity index (χ2n) is 5.59. The second-order valence-corrected chi connectivity index (χ2v) is 6.51. The highest BCUT2D eigenvalue weighted by molar-refractivity contribution is 9.10. The molecule has 0 aliphatic carbocycles. The minimum Gasteiger partial charge on any atom is -0.493 e. The van der Waals surface area contributed by atoms with E-state index in [0.29, 0.717) is 0 Å². The lowest BCUT2D eigenvalue weighted by atomic mass is 9.92. The Morgan fingerprint density at radius 1 is 1.14 bits per heavy atom.